The van der Waals surface area contributed by atoms with E-state index in [1.54, 1.807) is 12.2 Å². The second-order valence-corrected chi connectivity index (χ2v) is 14.7. The van der Waals surface area contributed by atoms with Gasteiger partial charge in [-0.2, -0.15) is 0 Å². The molecular weight excluding hydrogens is 631 g/mol. The first-order chi connectivity index (χ1) is 23.0. The monoisotopic (exact) mass is 700 g/mol. The molecule has 0 aromatic rings. The molecule has 0 amide bonds. The molecule has 280 valence electrons. The highest BCUT2D eigenvalue weighted by Gasteiger charge is 2.22. The van der Waals surface area contributed by atoms with Gasteiger partial charge in [-0.3, -0.25) is 18.9 Å². The SMILES string of the molecule is CCCCCC(=O)/C=C/C=C\CCCCCCCC(=O)O[C@H](COC(=O)CCCCCCCCCCCCCC(C)C)COP(=O)(O)O. The number of carbonyl (C=O) groups is 3. The fourth-order valence-electron chi connectivity index (χ4n) is 5.24. The molecule has 0 radical (unpaired) electrons. The normalized spacial score (nSPS) is 12.7. The lowest BCUT2D eigenvalue weighted by molar-refractivity contribution is -0.161. The molecular formula is C38H69O9P. The molecule has 48 heavy (non-hydrogen) atoms. The number of hydrogen-bond acceptors (Lipinski definition) is 7. The number of unbranched alkanes of at least 4 members (excludes halogenated alkanes) is 17. The van der Waals surface area contributed by atoms with Gasteiger partial charge in [0.15, 0.2) is 11.9 Å². The van der Waals surface area contributed by atoms with Gasteiger partial charge in [-0.15, -0.1) is 0 Å². The van der Waals surface area contributed by atoms with E-state index in [1.165, 1.54) is 57.8 Å². The zero-order valence-corrected chi connectivity index (χ0v) is 31.4. The molecule has 0 fully saturated rings. The van der Waals surface area contributed by atoms with E-state index in [9.17, 15) is 18.9 Å². The van der Waals surface area contributed by atoms with E-state index < -0.39 is 32.5 Å². The molecule has 1 atom stereocenters. The van der Waals surface area contributed by atoms with E-state index in [0.717, 1.165) is 70.1 Å². The van der Waals surface area contributed by atoms with Crippen molar-refractivity contribution in [1.82, 2.24) is 0 Å². The number of ketones is 1. The summed E-state index contributed by atoms with van der Waals surface area (Å²) in [7, 11) is -4.77. The molecule has 0 aliphatic rings. The van der Waals surface area contributed by atoms with Gasteiger partial charge in [-0.25, -0.2) is 4.57 Å². The summed E-state index contributed by atoms with van der Waals surface area (Å²) in [5, 5.41) is 0. The number of carbonyl (C=O) groups excluding carboxylic acids is 3. The van der Waals surface area contributed by atoms with E-state index in [4.69, 9.17) is 19.3 Å². The lowest BCUT2D eigenvalue weighted by Crippen LogP contribution is -2.29. The molecule has 0 aromatic heterocycles. The third-order valence-corrected chi connectivity index (χ3v) is 8.61. The Morgan fingerprint density at radius 1 is 0.646 bits per heavy atom. The number of esters is 2. The second-order valence-electron chi connectivity index (χ2n) is 13.4. The molecule has 0 aromatic carbocycles. The topological polar surface area (TPSA) is 136 Å². The lowest BCUT2D eigenvalue weighted by atomic mass is 10.0. The molecule has 0 aliphatic carbocycles. The van der Waals surface area contributed by atoms with Crippen molar-refractivity contribution < 1.29 is 42.7 Å². The molecule has 0 unspecified atom stereocenters. The number of ether oxygens (including phenoxy) is 2. The Bertz CT molecular complexity index is 910. The number of phosphoric acid groups is 1. The molecule has 0 saturated carbocycles. The molecule has 0 heterocycles. The number of rotatable bonds is 34. The van der Waals surface area contributed by atoms with Crippen LogP contribution >= 0.6 is 7.82 Å². The molecule has 0 aliphatic heterocycles. The highest BCUT2D eigenvalue weighted by molar-refractivity contribution is 7.46. The van der Waals surface area contributed by atoms with E-state index >= 15 is 0 Å². The van der Waals surface area contributed by atoms with Gasteiger partial charge in [0.1, 0.15) is 6.61 Å². The average molecular weight is 701 g/mol. The maximum atomic E-state index is 12.3. The average Bonchev–Trinajstić information content (AvgIpc) is 3.02. The quantitative estimate of drug-likeness (QED) is 0.0221. The number of phosphoric ester groups is 1. The van der Waals surface area contributed by atoms with E-state index in [1.807, 2.05) is 6.08 Å². The van der Waals surface area contributed by atoms with Gasteiger partial charge in [0.25, 0.3) is 0 Å². The maximum Gasteiger partial charge on any atom is 0.469 e. The molecule has 2 N–H and O–H groups in total. The highest BCUT2D eigenvalue weighted by Crippen LogP contribution is 2.36. The second kappa shape index (κ2) is 32.4. The molecule has 0 bridgehead atoms. The van der Waals surface area contributed by atoms with Crippen LogP contribution in [0.1, 0.15) is 175 Å². The standard InChI is InChI=1S/C38H69O9P/c1-4-5-22-28-35(39)29-24-19-15-11-9-13-17-21-26-31-38(41)47-36(33-46-48(42,43)44)32-45-37(40)30-25-20-16-12-8-6-7-10-14-18-23-27-34(2)3/h15,19,24,29,34,36H,4-14,16-18,20-23,25-28,30-33H2,1-3H3,(H2,42,43,44)/b19-15-,29-24+/t36-/m1/s1. The van der Waals surface area contributed by atoms with Crippen molar-refractivity contribution in [1.29, 1.82) is 0 Å². The van der Waals surface area contributed by atoms with Gasteiger partial charge >= 0.3 is 19.8 Å². The largest absolute Gasteiger partial charge is 0.469 e. The van der Waals surface area contributed by atoms with E-state index in [-0.39, 0.29) is 25.2 Å². The third-order valence-electron chi connectivity index (χ3n) is 8.13. The summed E-state index contributed by atoms with van der Waals surface area (Å²) in [5.41, 5.74) is 0. The third kappa shape index (κ3) is 35.5. The van der Waals surface area contributed by atoms with Crippen LogP contribution in [0.5, 0.6) is 0 Å². The number of hydrogen-bond donors (Lipinski definition) is 2. The van der Waals surface area contributed by atoms with Crippen molar-refractivity contribution in [2.45, 2.75) is 181 Å². The number of allylic oxidation sites excluding steroid dienone is 4. The molecule has 0 rings (SSSR count). The zero-order valence-electron chi connectivity index (χ0n) is 30.5. The predicted octanol–water partition coefficient (Wildman–Crippen LogP) is 10.3. The van der Waals surface area contributed by atoms with Gasteiger partial charge in [0.05, 0.1) is 6.61 Å². The Kier molecular flexibility index (Phi) is 31.2. The smallest absolute Gasteiger partial charge is 0.462 e. The van der Waals surface area contributed by atoms with Crippen LogP contribution in [0.3, 0.4) is 0 Å². The maximum absolute atomic E-state index is 12.3. The minimum atomic E-state index is -4.77. The van der Waals surface area contributed by atoms with E-state index in [2.05, 4.69) is 31.4 Å². The van der Waals surface area contributed by atoms with Gasteiger partial charge < -0.3 is 19.3 Å². The van der Waals surface area contributed by atoms with Crippen LogP contribution in [-0.2, 0) is 32.9 Å². The van der Waals surface area contributed by atoms with E-state index in [0.29, 0.717) is 19.3 Å². The molecule has 0 saturated heterocycles. The summed E-state index contributed by atoms with van der Waals surface area (Å²) in [6.45, 7) is 5.81. The summed E-state index contributed by atoms with van der Waals surface area (Å²) in [4.78, 5) is 54.4. The van der Waals surface area contributed by atoms with Crippen LogP contribution in [0, 0.1) is 5.92 Å². The minimum absolute atomic E-state index is 0.162. The fraction of sp³-hybridized carbons (Fsp3) is 0.816. The molecule has 9 nitrogen and oxygen atoms in total. The Morgan fingerprint density at radius 3 is 1.73 bits per heavy atom. The van der Waals surface area contributed by atoms with Crippen LogP contribution in [0.4, 0.5) is 0 Å². The molecule has 10 heteroatoms. The van der Waals surface area contributed by atoms with Crippen LogP contribution in [-0.4, -0.2) is 46.8 Å². The van der Waals surface area contributed by atoms with Crippen molar-refractivity contribution in [3.63, 3.8) is 0 Å². The van der Waals surface area contributed by atoms with Crippen LogP contribution < -0.4 is 0 Å². The first kappa shape index (κ1) is 46.2. The van der Waals surface area contributed by atoms with Crippen molar-refractivity contribution in [3.8, 4) is 0 Å². The van der Waals surface area contributed by atoms with Crippen LogP contribution in [0.15, 0.2) is 24.3 Å². The minimum Gasteiger partial charge on any atom is -0.462 e. The fourth-order valence-corrected chi connectivity index (χ4v) is 5.60. The first-order valence-electron chi connectivity index (χ1n) is 18.9. The van der Waals surface area contributed by atoms with Crippen LogP contribution in [0.2, 0.25) is 0 Å². The summed E-state index contributed by atoms with van der Waals surface area (Å²) >= 11 is 0. The predicted molar refractivity (Wildman–Crippen MR) is 193 cm³/mol. The highest BCUT2D eigenvalue weighted by atomic mass is 31.2. The summed E-state index contributed by atoms with van der Waals surface area (Å²) in [6, 6.07) is 0. The van der Waals surface area contributed by atoms with Gasteiger partial charge in [0.2, 0.25) is 0 Å². The zero-order chi connectivity index (χ0) is 35.7. The Morgan fingerprint density at radius 2 is 1.17 bits per heavy atom. The van der Waals surface area contributed by atoms with Crippen molar-refractivity contribution in [2.75, 3.05) is 13.2 Å². The Labute approximate surface area is 292 Å². The lowest BCUT2D eigenvalue weighted by Gasteiger charge is -2.18. The Hall–Kier alpha value is -1.80. The summed E-state index contributed by atoms with van der Waals surface area (Å²) < 4.78 is 26.3. The van der Waals surface area contributed by atoms with Gasteiger partial charge in [0, 0.05) is 19.3 Å². The van der Waals surface area contributed by atoms with Gasteiger partial charge in [-0.05, 0) is 44.1 Å². The van der Waals surface area contributed by atoms with Crippen molar-refractivity contribution in [2.24, 2.45) is 5.92 Å². The molecule has 0 spiro atoms. The summed E-state index contributed by atoms with van der Waals surface area (Å²) in [5.74, 6) is 0.0313. The van der Waals surface area contributed by atoms with Crippen molar-refractivity contribution in [3.05, 3.63) is 24.3 Å². The van der Waals surface area contributed by atoms with Gasteiger partial charge in [-0.1, -0.05) is 142 Å². The first-order valence-corrected chi connectivity index (χ1v) is 20.5. The van der Waals surface area contributed by atoms with Crippen LogP contribution in [0.25, 0.3) is 0 Å². The Balaban J connectivity index is 4.03. The van der Waals surface area contributed by atoms with Crippen molar-refractivity contribution >= 4 is 25.5 Å². The summed E-state index contributed by atoms with van der Waals surface area (Å²) in [6.07, 6.45) is 30.3.